The molecule has 2 amide bonds. The van der Waals surface area contributed by atoms with Gasteiger partial charge >= 0.3 is 12.0 Å². The fourth-order valence-corrected chi connectivity index (χ4v) is 2.19. The third-order valence-corrected chi connectivity index (χ3v) is 3.30. The maximum absolute atomic E-state index is 12.1. The molecule has 18 heavy (non-hydrogen) atoms. The van der Waals surface area contributed by atoms with Crippen molar-refractivity contribution in [1.82, 2.24) is 14.7 Å². The first kappa shape index (κ1) is 12.4. The van der Waals surface area contributed by atoms with Crippen molar-refractivity contribution in [2.24, 2.45) is 7.05 Å². The van der Waals surface area contributed by atoms with E-state index in [9.17, 15) is 14.7 Å². The van der Waals surface area contributed by atoms with Gasteiger partial charge in [-0.05, 0) is 19.8 Å². The normalized spacial score (nSPS) is 23.1. The summed E-state index contributed by atoms with van der Waals surface area (Å²) >= 11 is 0. The van der Waals surface area contributed by atoms with Crippen LogP contribution in [0.1, 0.15) is 19.8 Å². The van der Waals surface area contributed by atoms with Gasteiger partial charge < -0.3 is 15.3 Å². The zero-order valence-electron chi connectivity index (χ0n) is 10.4. The van der Waals surface area contributed by atoms with E-state index in [-0.39, 0.29) is 0 Å². The van der Waals surface area contributed by atoms with Crippen molar-refractivity contribution in [2.45, 2.75) is 25.3 Å². The van der Waals surface area contributed by atoms with Crippen LogP contribution in [-0.2, 0) is 11.8 Å². The molecule has 98 valence electrons. The minimum atomic E-state index is -1.12. The number of nitrogens with zero attached hydrogens (tertiary/aromatic N) is 3. The first-order valence-corrected chi connectivity index (χ1v) is 5.74. The van der Waals surface area contributed by atoms with Gasteiger partial charge in [-0.25, -0.2) is 9.59 Å². The summed E-state index contributed by atoms with van der Waals surface area (Å²) in [7, 11) is 1.74. The first-order chi connectivity index (χ1) is 8.43. The maximum Gasteiger partial charge on any atom is 0.329 e. The van der Waals surface area contributed by atoms with Gasteiger partial charge in [-0.3, -0.25) is 4.68 Å². The highest BCUT2D eigenvalue weighted by Crippen LogP contribution is 2.29. The highest BCUT2D eigenvalue weighted by molar-refractivity contribution is 5.94. The molecule has 1 saturated heterocycles. The lowest BCUT2D eigenvalue weighted by Crippen LogP contribution is -2.52. The van der Waals surface area contributed by atoms with E-state index in [2.05, 4.69) is 10.4 Å². The van der Waals surface area contributed by atoms with Crippen molar-refractivity contribution in [3.05, 3.63) is 12.4 Å². The molecule has 1 aromatic heterocycles. The minimum absolute atomic E-state index is 0.398. The topological polar surface area (TPSA) is 87.5 Å². The summed E-state index contributed by atoms with van der Waals surface area (Å²) in [5.74, 6) is -0.971. The summed E-state index contributed by atoms with van der Waals surface area (Å²) in [4.78, 5) is 24.7. The average molecular weight is 252 g/mol. The highest BCUT2D eigenvalue weighted by Gasteiger charge is 2.46. The Bertz CT molecular complexity index is 484. The van der Waals surface area contributed by atoms with Crippen molar-refractivity contribution < 1.29 is 14.7 Å². The Morgan fingerprint density at radius 2 is 2.28 bits per heavy atom. The number of likely N-dealkylation sites (tertiary alicyclic amines) is 1. The number of carboxylic acids is 1. The predicted octanol–water partition coefficient (Wildman–Crippen LogP) is 0.891. The Labute approximate surface area is 104 Å². The summed E-state index contributed by atoms with van der Waals surface area (Å²) in [6.45, 7) is 2.03. The molecule has 2 rings (SSSR count). The second-order valence-corrected chi connectivity index (χ2v) is 4.67. The number of urea groups is 1. The summed E-state index contributed by atoms with van der Waals surface area (Å²) < 4.78 is 1.57. The van der Waals surface area contributed by atoms with Crippen LogP contribution < -0.4 is 5.32 Å². The van der Waals surface area contributed by atoms with Gasteiger partial charge in [0.25, 0.3) is 0 Å². The van der Waals surface area contributed by atoms with Crippen molar-refractivity contribution in [3.63, 3.8) is 0 Å². The molecule has 0 bridgehead atoms. The van der Waals surface area contributed by atoms with Crippen LogP contribution in [0.3, 0.4) is 0 Å². The van der Waals surface area contributed by atoms with Gasteiger partial charge in [0, 0.05) is 19.8 Å². The standard InChI is InChI=1S/C11H16N4O3/c1-11(9(16)17)4-3-5-15(11)10(18)13-8-6-12-14(2)7-8/h6-7H,3-5H2,1-2H3,(H,13,18)(H,16,17). The number of hydrogen-bond acceptors (Lipinski definition) is 3. The van der Waals surface area contributed by atoms with Crippen LogP contribution in [0.5, 0.6) is 0 Å². The fourth-order valence-electron chi connectivity index (χ4n) is 2.19. The number of rotatable bonds is 2. The Morgan fingerprint density at radius 1 is 1.56 bits per heavy atom. The number of anilines is 1. The SMILES string of the molecule is Cn1cc(NC(=O)N2CCCC2(C)C(=O)O)cn1. The van der Waals surface area contributed by atoms with Crippen LogP contribution in [0, 0.1) is 0 Å². The summed E-state index contributed by atoms with van der Waals surface area (Å²) in [5, 5.41) is 15.8. The molecule has 1 aliphatic rings. The molecule has 1 unspecified atom stereocenters. The number of aryl methyl sites for hydroxylation is 1. The Hall–Kier alpha value is -2.05. The molecule has 1 fully saturated rings. The van der Waals surface area contributed by atoms with Gasteiger partial charge in [-0.15, -0.1) is 0 Å². The second-order valence-electron chi connectivity index (χ2n) is 4.67. The molecule has 1 aromatic rings. The molecule has 2 heterocycles. The molecule has 0 spiro atoms. The van der Waals surface area contributed by atoms with Gasteiger partial charge in [-0.2, -0.15) is 5.10 Å². The van der Waals surface area contributed by atoms with Crippen LogP contribution in [-0.4, -0.2) is 43.9 Å². The first-order valence-electron chi connectivity index (χ1n) is 5.74. The smallest absolute Gasteiger partial charge is 0.329 e. The van der Waals surface area contributed by atoms with E-state index < -0.39 is 17.5 Å². The number of hydrogen-bond donors (Lipinski definition) is 2. The number of carboxylic acid groups (broad SMARTS) is 1. The highest BCUT2D eigenvalue weighted by atomic mass is 16.4. The van der Waals surface area contributed by atoms with E-state index >= 15 is 0 Å². The predicted molar refractivity (Wildman–Crippen MR) is 64.2 cm³/mol. The van der Waals surface area contributed by atoms with Crippen molar-refractivity contribution in [1.29, 1.82) is 0 Å². The van der Waals surface area contributed by atoms with Crippen LogP contribution in [0.15, 0.2) is 12.4 Å². The lowest BCUT2D eigenvalue weighted by Gasteiger charge is -2.30. The van der Waals surface area contributed by atoms with Gasteiger partial charge in [0.15, 0.2) is 0 Å². The van der Waals surface area contributed by atoms with Crippen LogP contribution in [0.2, 0.25) is 0 Å². The van der Waals surface area contributed by atoms with E-state index in [1.54, 1.807) is 24.9 Å². The molecule has 0 aliphatic carbocycles. The lowest BCUT2D eigenvalue weighted by molar-refractivity contribution is -0.146. The molecule has 0 saturated carbocycles. The van der Waals surface area contributed by atoms with Crippen molar-refractivity contribution in [3.8, 4) is 0 Å². The quantitative estimate of drug-likeness (QED) is 0.818. The number of amides is 2. The Morgan fingerprint density at radius 3 is 2.83 bits per heavy atom. The van der Waals surface area contributed by atoms with Crippen LogP contribution >= 0.6 is 0 Å². The number of aromatic nitrogens is 2. The lowest BCUT2D eigenvalue weighted by atomic mass is 10.00. The maximum atomic E-state index is 12.1. The zero-order valence-corrected chi connectivity index (χ0v) is 10.4. The number of nitrogens with one attached hydrogen (secondary N) is 1. The average Bonchev–Trinajstić information content (AvgIpc) is 2.86. The monoisotopic (exact) mass is 252 g/mol. The molecule has 0 radical (unpaired) electrons. The van der Waals surface area contributed by atoms with E-state index in [0.29, 0.717) is 25.1 Å². The van der Waals surface area contributed by atoms with Crippen molar-refractivity contribution >= 4 is 17.7 Å². The Balaban J connectivity index is 2.11. The molecular formula is C11H16N4O3. The third-order valence-electron chi connectivity index (χ3n) is 3.30. The number of aliphatic carboxylic acids is 1. The summed E-state index contributed by atoms with van der Waals surface area (Å²) in [6.07, 6.45) is 4.35. The molecular weight excluding hydrogens is 236 g/mol. The summed E-state index contributed by atoms with van der Waals surface area (Å²) in [6, 6.07) is -0.398. The van der Waals surface area contributed by atoms with Gasteiger partial charge in [-0.1, -0.05) is 0 Å². The van der Waals surface area contributed by atoms with Gasteiger partial charge in [0.2, 0.25) is 0 Å². The largest absolute Gasteiger partial charge is 0.480 e. The minimum Gasteiger partial charge on any atom is -0.480 e. The Kier molecular flexibility index (Phi) is 2.98. The molecule has 1 atom stereocenters. The van der Waals surface area contributed by atoms with Gasteiger partial charge in [0.05, 0.1) is 11.9 Å². The molecule has 7 heteroatoms. The molecule has 1 aliphatic heterocycles. The van der Waals surface area contributed by atoms with E-state index in [0.717, 1.165) is 0 Å². The number of carbonyl (C=O) groups is 2. The van der Waals surface area contributed by atoms with Gasteiger partial charge in [0.1, 0.15) is 5.54 Å². The third kappa shape index (κ3) is 2.03. The molecule has 7 nitrogen and oxygen atoms in total. The van der Waals surface area contributed by atoms with E-state index in [4.69, 9.17) is 0 Å². The van der Waals surface area contributed by atoms with E-state index in [1.807, 2.05) is 0 Å². The zero-order chi connectivity index (χ0) is 13.3. The van der Waals surface area contributed by atoms with Crippen molar-refractivity contribution in [2.75, 3.05) is 11.9 Å². The number of carbonyl (C=O) groups excluding carboxylic acids is 1. The fraction of sp³-hybridized carbons (Fsp3) is 0.545. The second kappa shape index (κ2) is 4.32. The summed E-state index contributed by atoms with van der Waals surface area (Å²) in [5.41, 5.74) is -0.561. The van der Waals surface area contributed by atoms with Crippen LogP contribution in [0.25, 0.3) is 0 Å². The van der Waals surface area contributed by atoms with Crippen LogP contribution in [0.4, 0.5) is 10.5 Å². The molecule has 2 N–H and O–H groups in total. The van der Waals surface area contributed by atoms with E-state index in [1.165, 1.54) is 11.1 Å². The molecule has 0 aromatic carbocycles.